The van der Waals surface area contributed by atoms with E-state index in [-0.39, 0.29) is 11.8 Å². The second kappa shape index (κ2) is 10.4. The van der Waals surface area contributed by atoms with Crippen molar-refractivity contribution >= 4 is 35.3 Å². The number of thioether (sulfide) groups is 2. The van der Waals surface area contributed by atoms with Crippen LogP contribution in [-0.4, -0.2) is 16.9 Å². The first-order chi connectivity index (χ1) is 17.0. The van der Waals surface area contributed by atoms with Crippen molar-refractivity contribution in [1.82, 2.24) is 10.6 Å². The predicted molar refractivity (Wildman–Crippen MR) is 131 cm³/mol. The normalized spacial score (nSPS) is 27.3. The summed E-state index contributed by atoms with van der Waals surface area (Å²) in [7, 11) is 0. The average Bonchev–Trinajstić information content (AvgIpc) is 2.85. The molecule has 0 aromatic carbocycles. The van der Waals surface area contributed by atoms with Crippen LogP contribution in [0.3, 0.4) is 0 Å². The molecule has 0 radical (unpaired) electrons. The van der Waals surface area contributed by atoms with Gasteiger partial charge in [-0.1, -0.05) is 62.0 Å². The van der Waals surface area contributed by atoms with Crippen LogP contribution in [0.5, 0.6) is 0 Å². The summed E-state index contributed by atoms with van der Waals surface area (Å²) in [6, 6.07) is 8.85. The van der Waals surface area contributed by atoms with E-state index in [1.165, 1.54) is 23.5 Å². The molecule has 2 amide bonds. The fraction of sp³-hybridized carbons (Fsp3) is 0.600. The third kappa shape index (κ3) is 4.20. The van der Waals surface area contributed by atoms with Crippen LogP contribution < -0.4 is 10.6 Å². The summed E-state index contributed by atoms with van der Waals surface area (Å²) < 4.78 is 0. The second-order valence-corrected chi connectivity index (χ2v) is 11.9. The number of hydrogen-bond acceptors (Lipinski definition) is 8. The lowest BCUT2D eigenvalue weighted by molar-refractivity contribution is -0.127. The quantitative estimate of drug-likeness (QED) is 0.534. The van der Waals surface area contributed by atoms with Gasteiger partial charge in [0.05, 0.1) is 50.6 Å². The summed E-state index contributed by atoms with van der Waals surface area (Å²) in [4.78, 5) is 25.6. The van der Waals surface area contributed by atoms with Gasteiger partial charge in [-0.3, -0.25) is 9.59 Å². The van der Waals surface area contributed by atoms with E-state index in [9.17, 15) is 30.6 Å². The molecule has 2 aliphatic carbocycles. The number of nitriles is 4. The molecule has 2 fully saturated rings. The summed E-state index contributed by atoms with van der Waals surface area (Å²) >= 11 is 2.56. The highest BCUT2D eigenvalue weighted by atomic mass is 32.2. The smallest absolute Gasteiger partial charge is 0.243 e. The molecule has 4 aliphatic rings. The van der Waals surface area contributed by atoms with Crippen molar-refractivity contribution in [2.24, 2.45) is 22.7 Å². The van der Waals surface area contributed by atoms with Gasteiger partial charge in [0.25, 0.3) is 0 Å². The maximum Gasteiger partial charge on any atom is 0.243 e. The molecule has 2 aliphatic heterocycles. The Morgan fingerprint density at radius 3 is 1.37 bits per heavy atom. The van der Waals surface area contributed by atoms with E-state index in [4.69, 9.17) is 0 Å². The number of allylic oxidation sites excluding steroid dienone is 2. The Kier molecular flexibility index (Phi) is 7.46. The lowest BCUT2D eigenvalue weighted by Gasteiger charge is -2.43. The van der Waals surface area contributed by atoms with Crippen molar-refractivity contribution in [3.8, 4) is 24.3 Å². The van der Waals surface area contributed by atoms with Crippen molar-refractivity contribution in [2.75, 3.05) is 5.08 Å². The maximum atomic E-state index is 12.8. The van der Waals surface area contributed by atoms with Crippen LogP contribution in [0.1, 0.15) is 64.2 Å². The van der Waals surface area contributed by atoms with E-state index < -0.39 is 22.7 Å². The monoisotopic (exact) mass is 506 g/mol. The fourth-order valence-corrected chi connectivity index (χ4v) is 8.54. The zero-order valence-electron chi connectivity index (χ0n) is 19.4. The molecular weight excluding hydrogens is 480 g/mol. The molecule has 2 atom stereocenters. The Balaban J connectivity index is 1.61. The molecule has 10 heteroatoms. The largest absolute Gasteiger partial charge is 0.319 e. The summed E-state index contributed by atoms with van der Waals surface area (Å²) in [6.45, 7) is 0. The van der Waals surface area contributed by atoms with E-state index >= 15 is 0 Å². The highest BCUT2D eigenvalue weighted by Gasteiger charge is 2.53. The van der Waals surface area contributed by atoms with Crippen LogP contribution >= 0.6 is 23.5 Å². The molecule has 8 nitrogen and oxygen atoms in total. The molecule has 35 heavy (non-hydrogen) atoms. The van der Waals surface area contributed by atoms with E-state index in [0.29, 0.717) is 52.0 Å². The first-order valence-corrected chi connectivity index (χ1v) is 13.9. The number of nitrogens with one attached hydrogen (secondary N) is 2. The Morgan fingerprint density at radius 1 is 0.686 bits per heavy atom. The Hall–Kier alpha value is -2.92. The minimum Gasteiger partial charge on any atom is -0.319 e. The van der Waals surface area contributed by atoms with Crippen molar-refractivity contribution in [3.05, 3.63) is 21.2 Å². The highest BCUT2D eigenvalue weighted by Crippen LogP contribution is 2.54. The minimum atomic E-state index is -0.880. The van der Waals surface area contributed by atoms with Crippen LogP contribution in [0.15, 0.2) is 21.2 Å². The molecule has 0 aromatic rings. The summed E-state index contributed by atoms with van der Waals surface area (Å²) in [5.74, 6) is -2.51. The Labute approximate surface area is 213 Å². The number of rotatable bonds is 4. The standard InChI is InChI=1S/C25H26N6O2S2/c26-11-16-20(32)30-22(18(13-28)24(16)7-3-1-4-8-24)34-15-35-23-19(14-29)25(9-5-2-6-10-25)17(12-27)21(33)31-23/h16-17H,1-10,15H2,(H,30,32)(H,31,33)/t16-,17-/m0/s1. The van der Waals surface area contributed by atoms with E-state index in [2.05, 4.69) is 34.9 Å². The first kappa shape index (κ1) is 25.2. The van der Waals surface area contributed by atoms with Crippen molar-refractivity contribution in [2.45, 2.75) is 64.2 Å². The third-order valence-corrected chi connectivity index (χ3v) is 10.1. The van der Waals surface area contributed by atoms with Gasteiger partial charge in [0.15, 0.2) is 0 Å². The minimum absolute atomic E-state index is 0.349. The van der Waals surface area contributed by atoms with Crippen LogP contribution in [-0.2, 0) is 9.59 Å². The molecule has 180 valence electrons. The second-order valence-electron chi connectivity index (χ2n) is 9.57. The van der Waals surface area contributed by atoms with Gasteiger partial charge in [0.2, 0.25) is 11.8 Å². The number of amides is 2. The molecule has 2 saturated carbocycles. The summed E-state index contributed by atoms with van der Waals surface area (Å²) in [5.41, 5.74) is -0.576. The average molecular weight is 507 g/mol. The van der Waals surface area contributed by atoms with Crippen LogP contribution in [0.25, 0.3) is 0 Å². The van der Waals surface area contributed by atoms with Crippen LogP contribution in [0, 0.1) is 68.0 Å². The van der Waals surface area contributed by atoms with Gasteiger partial charge in [-0.05, 0) is 25.7 Å². The van der Waals surface area contributed by atoms with Crippen LogP contribution in [0.4, 0.5) is 0 Å². The van der Waals surface area contributed by atoms with Gasteiger partial charge >= 0.3 is 0 Å². The fourth-order valence-electron chi connectivity index (χ4n) is 6.23. The SMILES string of the molecule is N#CC1=C(SCSC2=C(C#N)C3(CCCCC3)[C@@H](C#N)C(=O)N2)NC(=O)[C@H](C#N)C12CCCCC2. The molecule has 2 heterocycles. The van der Waals surface area contributed by atoms with E-state index in [0.717, 1.165) is 38.5 Å². The summed E-state index contributed by atoms with van der Waals surface area (Å²) in [6.07, 6.45) is 8.07. The predicted octanol–water partition coefficient (Wildman–Crippen LogP) is 4.32. The van der Waals surface area contributed by atoms with Crippen LogP contribution in [0.2, 0.25) is 0 Å². The highest BCUT2D eigenvalue weighted by molar-refractivity contribution is 8.19. The molecule has 2 N–H and O–H groups in total. The van der Waals surface area contributed by atoms with Crippen molar-refractivity contribution in [3.63, 3.8) is 0 Å². The van der Waals surface area contributed by atoms with Gasteiger partial charge in [-0.15, -0.1) is 0 Å². The van der Waals surface area contributed by atoms with Gasteiger partial charge in [0.1, 0.15) is 11.8 Å². The number of nitrogens with zero attached hydrogens (tertiary/aromatic N) is 4. The lowest BCUT2D eigenvalue weighted by Crippen LogP contribution is -2.48. The molecule has 4 rings (SSSR count). The maximum absolute atomic E-state index is 12.8. The number of carbonyl (C=O) groups excluding carboxylic acids is 2. The molecule has 0 saturated heterocycles. The molecule has 0 unspecified atom stereocenters. The topological polar surface area (TPSA) is 153 Å². The van der Waals surface area contributed by atoms with Gasteiger partial charge < -0.3 is 10.6 Å². The van der Waals surface area contributed by atoms with E-state index in [1.54, 1.807) is 0 Å². The van der Waals surface area contributed by atoms with Gasteiger partial charge in [-0.2, -0.15) is 21.0 Å². The zero-order chi connectivity index (χ0) is 25.1. The summed E-state index contributed by atoms with van der Waals surface area (Å²) in [5, 5.41) is 46.3. The molecular formula is C25H26N6O2S2. The van der Waals surface area contributed by atoms with Crippen molar-refractivity contribution < 1.29 is 9.59 Å². The molecule has 0 aromatic heterocycles. The van der Waals surface area contributed by atoms with Crippen molar-refractivity contribution in [1.29, 1.82) is 21.0 Å². The van der Waals surface area contributed by atoms with Gasteiger partial charge in [0, 0.05) is 10.8 Å². The lowest BCUT2D eigenvalue weighted by atomic mass is 9.61. The Bertz CT molecular complexity index is 1060. The Morgan fingerprint density at radius 2 is 1.06 bits per heavy atom. The van der Waals surface area contributed by atoms with Gasteiger partial charge in [-0.25, -0.2) is 0 Å². The first-order valence-electron chi connectivity index (χ1n) is 11.9. The number of carbonyl (C=O) groups is 2. The van der Waals surface area contributed by atoms with E-state index in [1.807, 2.05) is 0 Å². The number of hydrogen-bond donors (Lipinski definition) is 2. The third-order valence-electron chi connectivity index (χ3n) is 7.93. The zero-order valence-corrected chi connectivity index (χ0v) is 21.0. The molecule has 0 bridgehead atoms. The molecule has 2 spiro atoms.